The molecule has 1 N–H and O–H groups in total. The van der Waals surface area contributed by atoms with Gasteiger partial charge in [-0.3, -0.25) is 0 Å². The minimum Gasteiger partial charge on any atom is -0.313 e. The second kappa shape index (κ2) is 4.78. The molecule has 2 bridgehead atoms. The van der Waals surface area contributed by atoms with Gasteiger partial charge in [0.1, 0.15) is 0 Å². The summed E-state index contributed by atoms with van der Waals surface area (Å²) in [4.78, 5) is 0. The lowest BCUT2D eigenvalue weighted by Gasteiger charge is -2.32. The molecule has 3 aliphatic rings. The molecule has 0 unspecified atom stereocenters. The SMILES string of the molecule is CCS(=O)(=O)CCN[C@H]1C[C@H]2C[C@@H]1[C@@H]1CCC[C@@H]21. The van der Waals surface area contributed by atoms with Crippen molar-refractivity contribution in [1.29, 1.82) is 0 Å². The van der Waals surface area contributed by atoms with Crippen LogP contribution in [0.3, 0.4) is 0 Å². The quantitative estimate of drug-likeness (QED) is 0.830. The fourth-order valence-electron chi connectivity index (χ4n) is 4.85. The molecule has 0 aromatic heterocycles. The zero-order chi connectivity index (χ0) is 12.8. The van der Waals surface area contributed by atoms with Gasteiger partial charge in [0.05, 0.1) is 5.75 Å². The molecule has 104 valence electrons. The van der Waals surface area contributed by atoms with Crippen LogP contribution in [0.1, 0.15) is 39.0 Å². The smallest absolute Gasteiger partial charge is 0.151 e. The maximum atomic E-state index is 11.5. The first-order valence-corrected chi connectivity index (χ1v) is 9.36. The van der Waals surface area contributed by atoms with E-state index in [0.717, 1.165) is 23.7 Å². The van der Waals surface area contributed by atoms with E-state index in [4.69, 9.17) is 0 Å². The van der Waals surface area contributed by atoms with Gasteiger partial charge in [0.2, 0.25) is 0 Å². The summed E-state index contributed by atoms with van der Waals surface area (Å²) in [7, 11) is -2.80. The van der Waals surface area contributed by atoms with Gasteiger partial charge >= 0.3 is 0 Å². The zero-order valence-corrected chi connectivity index (χ0v) is 12.1. The lowest BCUT2D eigenvalue weighted by atomic mass is 9.79. The molecule has 3 fully saturated rings. The summed E-state index contributed by atoms with van der Waals surface area (Å²) in [5, 5.41) is 3.54. The highest BCUT2D eigenvalue weighted by Gasteiger charge is 2.53. The van der Waals surface area contributed by atoms with Gasteiger partial charge in [0, 0.05) is 18.3 Å². The van der Waals surface area contributed by atoms with Crippen molar-refractivity contribution < 1.29 is 8.42 Å². The summed E-state index contributed by atoms with van der Waals surface area (Å²) < 4.78 is 23.0. The highest BCUT2D eigenvalue weighted by atomic mass is 32.2. The number of fused-ring (bicyclic) bond motifs is 5. The van der Waals surface area contributed by atoms with Crippen LogP contribution < -0.4 is 5.32 Å². The minimum atomic E-state index is -2.80. The first-order chi connectivity index (χ1) is 8.61. The van der Waals surface area contributed by atoms with Gasteiger partial charge in [-0.15, -0.1) is 0 Å². The van der Waals surface area contributed by atoms with Crippen molar-refractivity contribution in [3.05, 3.63) is 0 Å². The topological polar surface area (TPSA) is 46.2 Å². The van der Waals surface area contributed by atoms with E-state index in [-0.39, 0.29) is 5.75 Å². The van der Waals surface area contributed by atoms with Crippen LogP contribution >= 0.6 is 0 Å². The maximum absolute atomic E-state index is 11.5. The van der Waals surface area contributed by atoms with Crippen LogP contribution in [0, 0.1) is 23.7 Å². The summed E-state index contributed by atoms with van der Waals surface area (Å²) in [6.45, 7) is 2.39. The van der Waals surface area contributed by atoms with E-state index < -0.39 is 9.84 Å². The second-order valence-electron chi connectivity index (χ2n) is 6.45. The van der Waals surface area contributed by atoms with E-state index in [1.165, 1.54) is 32.1 Å². The average molecular weight is 271 g/mol. The van der Waals surface area contributed by atoms with Crippen molar-refractivity contribution >= 4 is 9.84 Å². The van der Waals surface area contributed by atoms with Crippen molar-refractivity contribution in [2.75, 3.05) is 18.1 Å². The Morgan fingerprint density at radius 3 is 2.67 bits per heavy atom. The minimum absolute atomic E-state index is 0.274. The molecule has 4 heteroatoms. The van der Waals surface area contributed by atoms with Gasteiger partial charge in [0.25, 0.3) is 0 Å². The third-order valence-electron chi connectivity index (χ3n) is 5.69. The van der Waals surface area contributed by atoms with Gasteiger partial charge in [-0.05, 0) is 49.4 Å². The molecule has 0 radical (unpaired) electrons. The Kier molecular flexibility index (Phi) is 3.43. The Balaban J connectivity index is 1.51. The summed E-state index contributed by atoms with van der Waals surface area (Å²) >= 11 is 0. The van der Waals surface area contributed by atoms with Crippen LogP contribution in [0.15, 0.2) is 0 Å². The molecule has 3 nitrogen and oxygen atoms in total. The average Bonchev–Trinajstić information content (AvgIpc) is 3.00. The highest BCUT2D eigenvalue weighted by molar-refractivity contribution is 7.91. The lowest BCUT2D eigenvalue weighted by Crippen LogP contribution is -2.41. The molecule has 0 aliphatic heterocycles. The van der Waals surface area contributed by atoms with E-state index in [1.54, 1.807) is 6.92 Å². The molecule has 3 aliphatic carbocycles. The third-order valence-corrected chi connectivity index (χ3v) is 7.39. The molecule has 0 aromatic carbocycles. The summed E-state index contributed by atoms with van der Waals surface area (Å²) in [5.41, 5.74) is 0. The molecule has 0 amide bonds. The molecule has 3 rings (SSSR count). The van der Waals surface area contributed by atoms with Crippen molar-refractivity contribution in [2.45, 2.75) is 45.1 Å². The highest BCUT2D eigenvalue weighted by Crippen LogP contribution is 2.58. The normalized spacial score (nSPS) is 42.4. The number of sulfone groups is 1. The molecule has 18 heavy (non-hydrogen) atoms. The third kappa shape index (κ3) is 2.22. The Morgan fingerprint density at radius 2 is 1.89 bits per heavy atom. The molecule has 0 spiro atoms. The molecule has 0 aromatic rings. The van der Waals surface area contributed by atoms with Crippen molar-refractivity contribution in [2.24, 2.45) is 23.7 Å². The van der Waals surface area contributed by atoms with E-state index >= 15 is 0 Å². The number of hydrogen-bond donors (Lipinski definition) is 1. The van der Waals surface area contributed by atoms with Gasteiger partial charge in [-0.1, -0.05) is 13.3 Å². The summed E-state index contributed by atoms with van der Waals surface area (Å²) in [5.74, 6) is 4.37. The van der Waals surface area contributed by atoms with Gasteiger partial charge in [-0.2, -0.15) is 0 Å². The van der Waals surface area contributed by atoms with Crippen LogP contribution in [-0.2, 0) is 9.84 Å². The van der Waals surface area contributed by atoms with Gasteiger partial charge in [-0.25, -0.2) is 8.42 Å². The first-order valence-electron chi connectivity index (χ1n) is 7.54. The molecule has 0 heterocycles. The van der Waals surface area contributed by atoms with Crippen LogP contribution in [0.4, 0.5) is 0 Å². The number of nitrogens with one attached hydrogen (secondary N) is 1. The Morgan fingerprint density at radius 1 is 1.11 bits per heavy atom. The second-order valence-corrected chi connectivity index (χ2v) is 8.92. The number of hydrogen-bond acceptors (Lipinski definition) is 3. The van der Waals surface area contributed by atoms with Crippen LogP contribution in [0.2, 0.25) is 0 Å². The van der Waals surface area contributed by atoms with Gasteiger partial charge < -0.3 is 5.32 Å². The molecular formula is C14H25NO2S. The summed E-state index contributed by atoms with van der Waals surface area (Å²) in [6, 6.07) is 0.612. The fourth-order valence-corrected chi connectivity index (χ4v) is 5.56. The largest absolute Gasteiger partial charge is 0.313 e. The fraction of sp³-hybridized carbons (Fsp3) is 1.00. The zero-order valence-electron chi connectivity index (χ0n) is 11.3. The summed E-state index contributed by atoms with van der Waals surface area (Å²) in [6.07, 6.45) is 7.03. The van der Waals surface area contributed by atoms with E-state index in [0.29, 0.717) is 18.3 Å². The monoisotopic (exact) mass is 271 g/mol. The van der Waals surface area contributed by atoms with Gasteiger partial charge in [0.15, 0.2) is 9.84 Å². The maximum Gasteiger partial charge on any atom is 0.151 e. The Bertz CT molecular complexity index is 406. The van der Waals surface area contributed by atoms with Crippen LogP contribution in [-0.4, -0.2) is 32.5 Å². The van der Waals surface area contributed by atoms with E-state index in [1.807, 2.05) is 0 Å². The van der Waals surface area contributed by atoms with Crippen molar-refractivity contribution in [1.82, 2.24) is 5.32 Å². The Labute approximate surface area is 111 Å². The molecule has 3 saturated carbocycles. The molecule has 0 saturated heterocycles. The molecular weight excluding hydrogens is 246 g/mol. The Hall–Kier alpha value is -0.0900. The predicted molar refractivity (Wildman–Crippen MR) is 73.2 cm³/mol. The molecule has 5 atom stereocenters. The lowest BCUT2D eigenvalue weighted by molar-refractivity contribution is 0.211. The van der Waals surface area contributed by atoms with Crippen molar-refractivity contribution in [3.8, 4) is 0 Å². The van der Waals surface area contributed by atoms with Crippen LogP contribution in [0.25, 0.3) is 0 Å². The van der Waals surface area contributed by atoms with E-state index in [2.05, 4.69) is 5.32 Å². The predicted octanol–water partition coefficient (Wildman–Crippen LogP) is 1.84. The van der Waals surface area contributed by atoms with Crippen LogP contribution in [0.5, 0.6) is 0 Å². The van der Waals surface area contributed by atoms with E-state index in [9.17, 15) is 8.42 Å². The van der Waals surface area contributed by atoms with Crippen molar-refractivity contribution in [3.63, 3.8) is 0 Å². The first kappa shape index (κ1) is 12.9. The standard InChI is InChI=1S/C14H25NO2S/c1-2-18(16,17)7-6-15-14-9-10-8-13(14)12-5-3-4-11(10)12/h10-15H,2-9H2,1H3/t10-,11+,12-,13-,14+/m1/s1. The number of rotatable bonds is 5.